The Morgan fingerprint density at radius 3 is 2.30 bits per heavy atom. The Morgan fingerprint density at radius 1 is 1.00 bits per heavy atom. The Kier molecular flexibility index (Phi) is 3.51. The van der Waals surface area contributed by atoms with E-state index in [1.165, 1.54) is 0 Å². The van der Waals surface area contributed by atoms with Crippen LogP contribution < -0.4 is 0 Å². The van der Waals surface area contributed by atoms with Crippen molar-refractivity contribution in [3.63, 3.8) is 0 Å². The summed E-state index contributed by atoms with van der Waals surface area (Å²) in [5.74, 6) is 0.134. The Morgan fingerprint density at radius 2 is 1.65 bits per heavy atom. The molecule has 100 valence electrons. The number of nitrogens with zero attached hydrogens (tertiary/aromatic N) is 2. The lowest BCUT2D eigenvalue weighted by Gasteiger charge is -2.01. The second-order valence-electron chi connectivity index (χ2n) is 4.29. The van der Waals surface area contributed by atoms with E-state index in [-0.39, 0.29) is 5.75 Å². The van der Waals surface area contributed by atoms with Gasteiger partial charge in [-0.15, -0.1) is 0 Å². The van der Waals surface area contributed by atoms with Crippen LogP contribution in [0.25, 0.3) is 16.9 Å². The normalized spacial score (nSPS) is 10.7. The Balaban J connectivity index is 2.02. The first-order valence-corrected chi connectivity index (χ1v) is 7.11. The van der Waals surface area contributed by atoms with Crippen LogP contribution in [0.5, 0.6) is 5.75 Å². The molecular weight excluding hydrogens is 340 g/mol. The zero-order chi connectivity index (χ0) is 14.1. The molecule has 3 aromatic rings. The Bertz CT molecular complexity index is 736. The van der Waals surface area contributed by atoms with E-state index in [1.807, 2.05) is 36.4 Å². The van der Waals surface area contributed by atoms with Crippen molar-refractivity contribution in [2.24, 2.45) is 0 Å². The van der Waals surface area contributed by atoms with Gasteiger partial charge in [0.25, 0.3) is 0 Å². The molecule has 3 rings (SSSR count). The molecule has 1 aromatic heterocycles. The zero-order valence-corrected chi connectivity index (χ0v) is 12.6. The van der Waals surface area contributed by atoms with Crippen molar-refractivity contribution < 1.29 is 5.11 Å². The molecule has 5 heteroatoms. The number of aromatic nitrogens is 2. The minimum absolute atomic E-state index is 0.134. The average molecular weight is 350 g/mol. The third-order valence-corrected chi connectivity index (χ3v) is 3.68. The lowest BCUT2D eigenvalue weighted by Crippen LogP contribution is -1.94. The summed E-state index contributed by atoms with van der Waals surface area (Å²) >= 11 is 9.25. The average Bonchev–Trinajstić information content (AvgIpc) is 2.82. The maximum absolute atomic E-state index is 10.0. The van der Waals surface area contributed by atoms with Gasteiger partial charge >= 0.3 is 0 Å². The summed E-state index contributed by atoms with van der Waals surface area (Å²) < 4.78 is 2.64. The molecule has 0 amide bonds. The summed E-state index contributed by atoms with van der Waals surface area (Å²) in [5.41, 5.74) is 2.23. The molecule has 0 aliphatic heterocycles. The first-order chi connectivity index (χ1) is 9.63. The number of halogens is 2. The van der Waals surface area contributed by atoms with Gasteiger partial charge in [0.2, 0.25) is 0 Å². The zero-order valence-electron chi connectivity index (χ0n) is 10.3. The minimum atomic E-state index is 0.134. The van der Waals surface area contributed by atoms with Crippen LogP contribution in [0.15, 0.2) is 59.2 Å². The molecule has 20 heavy (non-hydrogen) atoms. The van der Waals surface area contributed by atoms with Gasteiger partial charge in [0.05, 0.1) is 11.9 Å². The molecule has 1 N–H and O–H groups in total. The van der Waals surface area contributed by atoms with Crippen LogP contribution in [0.1, 0.15) is 0 Å². The molecule has 0 saturated carbocycles. The highest BCUT2D eigenvalue weighted by Crippen LogP contribution is 2.29. The quantitative estimate of drug-likeness (QED) is 0.730. The van der Waals surface area contributed by atoms with Crippen molar-refractivity contribution >= 4 is 27.5 Å². The van der Waals surface area contributed by atoms with Gasteiger partial charge < -0.3 is 5.11 Å². The maximum atomic E-state index is 10.0. The lowest BCUT2D eigenvalue weighted by atomic mass is 10.1. The second kappa shape index (κ2) is 5.31. The molecular formula is C15H10BrClN2O. The topological polar surface area (TPSA) is 38.0 Å². The number of rotatable bonds is 2. The summed E-state index contributed by atoms with van der Waals surface area (Å²) in [5, 5.41) is 15.1. The SMILES string of the molecule is Oc1cn(-c2ccc(Br)cc2)nc1-c1ccc(Cl)cc1. The number of hydrogen-bond donors (Lipinski definition) is 1. The van der Waals surface area contributed by atoms with Crippen LogP contribution >= 0.6 is 27.5 Å². The highest BCUT2D eigenvalue weighted by molar-refractivity contribution is 9.10. The Labute approximate surface area is 129 Å². The number of benzene rings is 2. The molecule has 0 unspecified atom stereocenters. The fourth-order valence-electron chi connectivity index (χ4n) is 1.90. The molecule has 0 radical (unpaired) electrons. The van der Waals surface area contributed by atoms with Crippen LogP contribution in [-0.2, 0) is 0 Å². The van der Waals surface area contributed by atoms with Gasteiger partial charge in [-0.3, -0.25) is 0 Å². The van der Waals surface area contributed by atoms with Crippen molar-refractivity contribution in [3.8, 4) is 22.7 Å². The van der Waals surface area contributed by atoms with E-state index in [1.54, 1.807) is 23.0 Å². The van der Waals surface area contributed by atoms with E-state index < -0.39 is 0 Å². The van der Waals surface area contributed by atoms with Gasteiger partial charge in [0.15, 0.2) is 5.75 Å². The maximum Gasteiger partial charge on any atom is 0.162 e. The molecule has 0 fully saturated rings. The first kappa shape index (κ1) is 13.2. The number of hydrogen-bond acceptors (Lipinski definition) is 2. The van der Waals surface area contributed by atoms with Crippen LogP contribution in [0.3, 0.4) is 0 Å². The summed E-state index contributed by atoms with van der Waals surface area (Å²) in [7, 11) is 0. The van der Waals surface area contributed by atoms with Crippen LogP contribution in [0.2, 0.25) is 5.02 Å². The van der Waals surface area contributed by atoms with E-state index in [0.717, 1.165) is 15.7 Å². The minimum Gasteiger partial charge on any atom is -0.504 e. The van der Waals surface area contributed by atoms with Gasteiger partial charge in [-0.1, -0.05) is 39.7 Å². The fourth-order valence-corrected chi connectivity index (χ4v) is 2.29. The summed E-state index contributed by atoms with van der Waals surface area (Å²) in [6.07, 6.45) is 1.59. The third-order valence-electron chi connectivity index (χ3n) is 2.90. The molecule has 1 heterocycles. The number of aromatic hydroxyl groups is 1. The Hall–Kier alpha value is -1.78. The standard InChI is InChI=1S/C15H10BrClN2O/c16-11-3-7-13(8-4-11)19-9-14(20)15(18-19)10-1-5-12(17)6-2-10/h1-9,20H. The lowest BCUT2D eigenvalue weighted by molar-refractivity contribution is 0.477. The monoisotopic (exact) mass is 348 g/mol. The van der Waals surface area contributed by atoms with Crippen LogP contribution in [-0.4, -0.2) is 14.9 Å². The summed E-state index contributed by atoms with van der Waals surface area (Å²) in [6, 6.07) is 14.9. The van der Waals surface area contributed by atoms with Gasteiger partial charge in [0.1, 0.15) is 5.69 Å². The van der Waals surface area contributed by atoms with Crippen molar-refractivity contribution in [2.75, 3.05) is 0 Å². The van der Waals surface area contributed by atoms with E-state index in [9.17, 15) is 5.11 Å². The fraction of sp³-hybridized carbons (Fsp3) is 0. The largest absolute Gasteiger partial charge is 0.504 e. The third kappa shape index (κ3) is 2.57. The molecule has 0 saturated heterocycles. The van der Waals surface area contributed by atoms with Crippen molar-refractivity contribution in [2.45, 2.75) is 0 Å². The second-order valence-corrected chi connectivity index (χ2v) is 5.64. The molecule has 0 aliphatic rings. The predicted octanol–water partition coefficient (Wildman–Crippen LogP) is 4.66. The van der Waals surface area contributed by atoms with Gasteiger partial charge in [-0.05, 0) is 36.4 Å². The molecule has 2 aromatic carbocycles. The highest BCUT2D eigenvalue weighted by Gasteiger charge is 2.11. The molecule has 3 nitrogen and oxygen atoms in total. The van der Waals surface area contributed by atoms with Crippen LogP contribution in [0.4, 0.5) is 0 Å². The predicted molar refractivity (Wildman–Crippen MR) is 83.4 cm³/mol. The van der Waals surface area contributed by atoms with Gasteiger partial charge in [0, 0.05) is 15.1 Å². The van der Waals surface area contributed by atoms with E-state index in [4.69, 9.17) is 11.6 Å². The summed E-state index contributed by atoms with van der Waals surface area (Å²) in [4.78, 5) is 0. The van der Waals surface area contributed by atoms with Crippen molar-refractivity contribution in [1.29, 1.82) is 0 Å². The summed E-state index contributed by atoms with van der Waals surface area (Å²) in [6.45, 7) is 0. The molecule has 0 aliphatic carbocycles. The molecule has 0 spiro atoms. The van der Waals surface area contributed by atoms with Crippen molar-refractivity contribution in [3.05, 3.63) is 64.2 Å². The van der Waals surface area contributed by atoms with Gasteiger partial charge in [-0.25, -0.2) is 4.68 Å². The smallest absolute Gasteiger partial charge is 0.162 e. The van der Waals surface area contributed by atoms with Crippen LogP contribution in [0, 0.1) is 0 Å². The molecule has 0 atom stereocenters. The van der Waals surface area contributed by atoms with Crippen molar-refractivity contribution in [1.82, 2.24) is 9.78 Å². The first-order valence-electron chi connectivity index (χ1n) is 5.94. The molecule has 0 bridgehead atoms. The highest BCUT2D eigenvalue weighted by atomic mass is 79.9. The van der Waals surface area contributed by atoms with E-state index >= 15 is 0 Å². The van der Waals surface area contributed by atoms with E-state index in [2.05, 4.69) is 21.0 Å². The van der Waals surface area contributed by atoms with E-state index in [0.29, 0.717) is 10.7 Å². The van der Waals surface area contributed by atoms with Gasteiger partial charge in [-0.2, -0.15) is 5.10 Å².